The largest absolute Gasteiger partial charge is 0.463 e. The van der Waals surface area contributed by atoms with Gasteiger partial charge in [0.15, 0.2) is 0 Å². The number of para-hydroxylation sites is 2. The summed E-state index contributed by atoms with van der Waals surface area (Å²) in [5.41, 5.74) is 1.05. The Bertz CT molecular complexity index is 1870. The third kappa shape index (κ3) is 4.46. The Labute approximate surface area is 226 Å². The van der Waals surface area contributed by atoms with Gasteiger partial charge in [0.1, 0.15) is 19.4 Å². The summed E-state index contributed by atoms with van der Waals surface area (Å²) in [6.07, 6.45) is 2.88. The Morgan fingerprint density at radius 3 is 2.50 bits per heavy atom. The van der Waals surface area contributed by atoms with Crippen LogP contribution in [0.15, 0.2) is 81.7 Å². The summed E-state index contributed by atoms with van der Waals surface area (Å²) in [5.74, 6) is -0.585. The van der Waals surface area contributed by atoms with E-state index in [2.05, 4.69) is 16.6 Å². The number of aromatic amines is 1. The number of hydrogen-bond acceptors (Lipinski definition) is 7. The summed E-state index contributed by atoms with van der Waals surface area (Å²) in [6, 6.07) is 17.1. The predicted octanol–water partition coefficient (Wildman–Crippen LogP) is 2.90. The number of carbonyl (C=O) groups excluding carboxylic acids is 1. The zero-order chi connectivity index (χ0) is 26.8. The number of thioether (sulfide) groups is 1. The highest BCUT2D eigenvalue weighted by molar-refractivity contribution is 8.08. The van der Waals surface area contributed by atoms with Crippen molar-refractivity contribution in [1.82, 2.24) is 14.3 Å². The lowest BCUT2D eigenvalue weighted by atomic mass is 10.3. The highest BCUT2D eigenvalue weighted by atomic mass is 32.2. The van der Waals surface area contributed by atoms with E-state index in [9.17, 15) is 14.4 Å². The molecule has 5 rings (SSSR count). The molecule has 38 heavy (non-hydrogen) atoms. The average Bonchev–Trinajstić information content (AvgIpc) is 3.55. The van der Waals surface area contributed by atoms with Gasteiger partial charge >= 0.3 is 5.97 Å². The van der Waals surface area contributed by atoms with Gasteiger partial charge in [-0.05, 0) is 38.1 Å². The number of carbonyl (C=O) groups is 1. The van der Waals surface area contributed by atoms with Crippen molar-refractivity contribution in [3.05, 3.63) is 108 Å². The van der Waals surface area contributed by atoms with E-state index < -0.39 is 5.97 Å². The monoisotopic (exact) mass is 546 g/mol. The number of allylic oxidation sites excluding steroid dienone is 1. The molecule has 0 atom stereocenters. The van der Waals surface area contributed by atoms with Crippen LogP contribution < -0.4 is 25.9 Å². The lowest BCUT2D eigenvalue weighted by Gasteiger charge is -2.16. The maximum atomic E-state index is 13.8. The Morgan fingerprint density at radius 1 is 1.05 bits per heavy atom. The minimum Gasteiger partial charge on any atom is -0.463 e. The first-order chi connectivity index (χ1) is 18.5. The van der Waals surface area contributed by atoms with Crippen molar-refractivity contribution in [1.29, 1.82) is 0 Å². The zero-order valence-corrected chi connectivity index (χ0v) is 22.6. The van der Waals surface area contributed by atoms with Gasteiger partial charge in [0.25, 0.3) is 11.1 Å². The molecule has 0 amide bonds. The molecule has 2 aromatic heterocycles. The molecule has 0 spiro atoms. The van der Waals surface area contributed by atoms with Crippen LogP contribution in [-0.4, -0.2) is 33.5 Å². The first-order valence-corrected chi connectivity index (χ1v) is 13.8. The molecule has 0 unspecified atom stereocenters. The molecule has 0 saturated heterocycles. The first kappa shape index (κ1) is 25.6. The van der Waals surface area contributed by atoms with Gasteiger partial charge in [-0.1, -0.05) is 48.2 Å². The van der Waals surface area contributed by atoms with E-state index in [4.69, 9.17) is 4.74 Å². The summed E-state index contributed by atoms with van der Waals surface area (Å²) in [4.78, 5) is 43.3. The maximum absolute atomic E-state index is 13.8. The van der Waals surface area contributed by atoms with Gasteiger partial charge in [0, 0.05) is 24.1 Å². The number of thiazole rings is 1. The lowest BCUT2D eigenvalue weighted by molar-refractivity contribution is -0.135. The number of nitrogens with zero attached hydrogens (tertiary/aromatic N) is 3. The molecule has 0 aliphatic carbocycles. The van der Waals surface area contributed by atoms with Gasteiger partial charge in [-0.25, -0.2) is 9.48 Å². The van der Waals surface area contributed by atoms with Crippen LogP contribution in [0.4, 0.5) is 5.69 Å². The lowest BCUT2D eigenvalue weighted by Crippen LogP contribution is -2.32. The number of esters is 1. The molecular weight excluding hydrogens is 520 g/mol. The molecule has 0 bridgehead atoms. The van der Waals surface area contributed by atoms with Gasteiger partial charge < -0.3 is 9.64 Å². The second-order valence-corrected chi connectivity index (χ2v) is 10.4. The Kier molecular flexibility index (Phi) is 7.26. The SMILES string of the molecule is C=CCn1c(=c2c(=O)n(-c3ccccc3)[nH]/c2=C\C(=O)OCC)s/c(=C2/Sc3ccccc3N2CC)c1=O. The summed E-state index contributed by atoms with van der Waals surface area (Å²) in [6.45, 7) is 8.66. The van der Waals surface area contributed by atoms with Crippen molar-refractivity contribution < 1.29 is 9.53 Å². The Balaban J connectivity index is 1.93. The van der Waals surface area contributed by atoms with Crippen molar-refractivity contribution in [2.75, 3.05) is 18.1 Å². The number of fused-ring (bicyclic) bond motifs is 1. The molecular formula is C28H26N4O4S2. The standard InChI is InChI=1S/C28H26N4O4S2/c1-4-16-31-26(35)24(28-30(5-2)20-14-10-11-15-21(20)37-28)38-27(31)23-19(17-22(33)36-6-3)29-32(25(23)34)18-12-8-7-9-13-18/h4,7-15,17,29H,1,5-6,16H2,2-3H3/b19-17-,27-23?,28-24+. The van der Waals surface area contributed by atoms with E-state index >= 15 is 0 Å². The van der Waals surface area contributed by atoms with Gasteiger partial charge in [-0.2, -0.15) is 0 Å². The smallest absolute Gasteiger partial charge is 0.332 e. The molecule has 4 aromatic rings. The van der Waals surface area contributed by atoms with Crippen LogP contribution in [0.1, 0.15) is 13.8 Å². The summed E-state index contributed by atoms with van der Waals surface area (Å²) in [5, 5.41) is 4.36. The Hall–Kier alpha value is -4.02. The quantitative estimate of drug-likeness (QED) is 0.296. The van der Waals surface area contributed by atoms with Crippen LogP contribution >= 0.6 is 23.1 Å². The topological polar surface area (TPSA) is 89.3 Å². The van der Waals surface area contributed by atoms with Crippen LogP contribution in [0.2, 0.25) is 0 Å². The second-order valence-electron chi connectivity index (χ2n) is 8.33. The number of aromatic nitrogens is 3. The molecule has 1 aliphatic rings. The highest BCUT2D eigenvalue weighted by Gasteiger charge is 2.26. The molecule has 0 radical (unpaired) electrons. The van der Waals surface area contributed by atoms with Crippen LogP contribution in [0, 0.1) is 9.88 Å². The molecule has 1 aliphatic heterocycles. The van der Waals surface area contributed by atoms with Crippen LogP contribution in [-0.2, 0) is 16.1 Å². The van der Waals surface area contributed by atoms with E-state index in [0.717, 1.165) is 15.6 Å². The van der Waals surface area contributed by atoms with Crippen molar-refractivity contribution >= 4 is 45.9 Å². The number of benzene rings is 2. The highest BCUT2D eigenvalue weighted by Crippen LogP contribution is 2.45. The van der Waals surface area contributed by atoms with Crippen molar-refractivity contribution in [2.45, 2.75) is 25.3 Å². The van der Waals surface area contributed by atoms with Gasteiger partial charge in [0.2, 0.25) is 0 Å². The number of anilines is 1. The fraction of sp³-hybridized carbons (Fsp3) is 0.179. The van der Waals surface area contributed by atoms with Crippen molar-refractivity contribution in [3.63, 3.8) is 0 Å². The number of nitrogens with one attached hydrogen (secondary N) is 1. The van der Waals surface area contributed by atoms with E-state index in [1.54, 1.807) is 29.7 Å². The third-order valence-electron chi connectivity index (χ3n) is 6.01. The van der Waals surface area contributed by atoms with Crippen molar-refractivity contribution in [3.8, 4) is 5.69 Å². The van der Waals surface area contributed by atoms with Gasteiger partial charge in [0.05, 0.1) is 23.3 Å². The first-order valence-electron chi connectivity index (χ1n) is 12.2. The summed E-state index contributed by atoms with van der Waals surface area (Å²) < 4.78 is 9.00. The average molecular weight is 547 g/mol. The Morgan fingerprint density at radius 2 is 1.79 bits per heavy atom. The molecule has 3 heterocycles. The number of ether oxygens (including phenoxy) is 1. The fourth-order valence-electron chi connectivity index (χ4n) is 4.37. The molecule has 10 heteroatoms. The van der Waals surface area contributed by atoms with Crippen LogP contribution in [0.25, 0.3) is 16.8 Å². The minimum absolute atomic E-state index is 0.196. The number of hydrogen-bond donors (Lipinski definition) is 1. The van der Waals surface area contributed by atoms with Crippen molar-refractivity contribution in [2.24, 2.45) is 0 Å². The number of rotatable bonds is 6. The summed E-state index contributed by atoms with van der Waals surface area (Å²) >= 11 is 2.78. The zero-order valence-electron chi connectivity index (χ0n) is 21.0. The molecule has 2 aromatic carbocycles. The summed E-state index contributed by atoms with van der Waals surface area (Å²) in [7, 11) is 0. The fourth-order valence-corrected chi connectivity index (χ4v) is 6.93. The molecule has 0 saturated carbocycles. The minimum atomic E-state index is -0.585. The third-order valence-corrected chi connectivity index (χ3v) is 8.51. The van der Waals surface area contributed by atoms with E-state index in [0.29, 0.717) is 21.4 Å². The normalized spacial score (nSPS) is 15.5. The molecule has 194 valence electrons. The van der Waals surface area contributed by atoms with E-state index in [-0.39, 0.29) is 34.8 Å². The second kappa shape index (κ2) is 10.8. The van der Waals surface area contributed by atoms with Crippen LogP contribution in [0.5, 0.6) is 0 Å². The van der Waals surface area contributed by atoms with E-state index in [1.165, 1.54) is 33.9 Å². The van der Waals surface area contributed by atoms with E-state index in [1.807, 2.05) is 49.4 Å². The van der Waals surface area contributed by atoms with Crippen LogP contribution in [0.3, 0.4) is 0 Å². The van der Waals surface area contributed by atoms with Gasteiger partial charge in [-0.15, -0.1) is 17.9 Å². The van der Waals surface area contributed by atoms with Gasteiger partial charge in [-0.3, -0.25) is 19.3 Å². The molecule has 0 fully saturated rings. The number of H-pyrrole nitrogens is 1. The predicted molar refractivity (Wildman–Crippen MR) is 152 cm³/mol. The molecule has 1 N–H and O–H groups in total. The maximum Gasteiger partial charge on any atom is 0.332 e. The molecule has 8 nitrogen and oxygen atoms in total.